The highest BCUT2D eigenvalue weighted by Gasteiger charge is 2.42. The van der Waals surface area contributed by atoms with E-state index in [9.17, 15) is 4.79 Å². The van der Waals surface area contributed by atoms with Crippen molar-refractivity contribution >= 4 is 21.8 Å². The van der Waals surface area contributed by atoms with Crippen LogP contribution in [0.3, 0.4) is 0 Å². The van der Waals surface area contributed by atoms with Crippen molar-refractivity contribution in [3.63, 3.8) is 0 Å². The third-order valence-corrected chi connectivity index (χ3v) is 4.13. The minimum absolute atomic E-state index is 0.160. The van der Waals surface area contributed by atoms with Crippen molar-refractivity contribution in [1.82, 2.24) is 4.90 Å². The maximum Gasteiger partial charge on any atom is 0.226 e. The molecule has 0 atom stereocenters. The molecule has 0 aliphatic heterocycles. The van der Waals surface area contributed by atoms with Gasteiger partial charge in [-0.15, -0.1) is 0 Å². The number of carbonyl (C=O) groups excluding carboxylic acids is 1. The minimum Gasteiger partial charge on any atom is -0.345 e. The quantitative estimate of drug-likeness (QED) is 0.906. The van der Waals surface area contributed by atoms with Crippen molar-refractivity contribution in [3.8, 4) is 0 Å². The lowest BCUT2D eigenvalue weighted by atomic mass is 10.1. The second-order valence-corrected chi connectivity index (χ2v) is 6.18. The molecule has 98 valence electrons. The van der Waals surface area contributed by atoms with Gasteiger partial charge in [-0.2, -0.15) is 0 Å². The number of nitrogens with zero attached hydrogens (tertiary/aromatic N) is 1. The van der Waals surface area contributed by atoms with E-state index in [1.165, 1.54) is 0 Å². The topological polar surface area (TPSA) is 46.3 Å². The van der Waals surface area contributed by atoms with Gasteiger partial charge >= 0.3 is 0 Å². The van der Waals surface area contributed by atoms with Crippen LogP contribution in [-0.4, -0.2) is 30.9 Å². The molecule has 1 aliphatic carbocycles. The maximum absolute atomic E-state index is 12.1. The largest absolute Gasteiger partial charge is 0.345 e. The molecule has 1 saturated carbocycles. The lowest BCUT2D eigenvalue weighted by Crippen LogP contribution is -2.36. The molecule has 0 saturated heterocycles. The standard InChI is InChI=1S/C14H19BrN2O/c1-17(10-14(9-16)5-6-14)13(18)8-11-3-2-4-12(15)7-11/h2-4,7H,5-6,8-10,16H2,1H3. The average molecular weight is 311 g/mol. The molecule has 0 spiro atoms. The Morgan fingerprint density at radius 2 is 2.22 bits per heavy atom. The first kappa shape index (κ1) is 13.6. The molecule has 0 heterocycles. The number of rotatable bonds is 5. The van der Waals surface area contributed by atoms with Gasteiger partial charge in [0.2, 0.25) is 5.91 Å². The molecule has 2 N–H and O–H groups in total. The highest BCUT2D eigenvalue weighted by Crippen LogP contribution is 2.44. The molecule has 3 nitrogen and oxygen atoms in total. The van der Waals surface area contributed by atoms with Crippen LogP contribution in [0.15, 0.2) is 28.7 Å². The third-order valence-electron chi connectivity index (χ3n) is 3.63. The molecule has 18 heavy (non-hydrogen) atoms. The number of carbonyl (C=O) groups is 1. The van der Waals surface area contributed by atoms with Crippen molar-refractivity contribution in [3.05, 3.63) is 34.3 Å². The van der Waals surface area contributed by atoms with Crippen LogP contribution >= 0.6 is 15.9 Å². The van der Waals surface area contributed by atoms with Gasteiger partial charge < -0.3 is 10.6 Å². The van der Waals surface area contributed by atoms with E-state index in [0.29, 0.717) is 13.0 Å². The van der Waals surface area contributed by atoms with Crippen molar-refractivity contribution < 1.29 is 4.79 Å². The Morgan fingerprint density at radius 1 is 1.50 bits per heavy atom. The molecule has 0 unspecified atom stereocenters. The number of amides is 1. The van der Waals surface area contributed by atoms with Gasteiger partial charge in [0, 0.05) is 23.5 Å². The van der Waals surface area contributed by atoms with E-state index >= 15 is 0 Å². The Bertz CT molecular complexity index is 443. The van der Waals surface area contributed by atoms with Crippen LogP contribution in [0.1, 0.15) is 18.4 Å². The second-order valence-electron chi connectivity index (χ2n) is 5.26. The SMILES string of the molecule is CN(CC1(CN)CC1)C(=O)Cc1cccc(Br)c1. The summed E-state index contributed by atoms with van der Waals surface area (Å²) in [4.78, 5) is 13.9. The van der Waals surface area contributed by atoms with Crippen molar-refractivity contribution in [2.75, 3.05) is 20.1 Å². The van der Waals surface area contributed by atoms with Crippen molar-refractivity contribution in [2.45, 2.75) is 19.3 Å². The fourth-order valence-electron chi connectivity index (χ4n) is 2.15. The summed E-state index contributed by atoms with van der Waals surface area (Å²) in [7, 11) is 1.87. The molecule has 0 radical (unpaired) electrons. The van der Waals surface area contributed by atoms with Gasteiger partial charge in [-0.25, -0.2) is 0 Å². The minimum atomic E-state index is 0.160. The molecule has 0 aromatic heterocycles. The molecule has 1 aromatic carbocycles. The molecule has 1 amide bonds. The summed E-state index contributed by atoms with van der Waals surface area (Å²) in [5.74, 6) is 0.160. The highest BCUT2D eigenvalue weighted by molar-refractivity contribution is 9.10. The average Bonchev–Trinajstić information content (AvgIpc) is 3.09. The number of hydrogen-bond donors (Lipinski definition) is 1. The van der Waals surface area contributed by atoms with Crippen LogP contribution < -0.4 is 5.73 Å². The molecule has 2 rings (SSSR count). The molecule has 0 bridgehead atoms. The summed E-state index contributed by atoms with van der Waals surface area (Å²) in [5, 5.41) is 0. The van der Waals surface area contributed by atoms with Gasteiger partial charge in [-0.05, 0) is 37.1 Å². The lowest BCUT2D eigenvalue weighted by molar-refractivity contribution is -0.129. The Balaban J connectivity index is 1.91. The Kier molecular flexibility index (Phi) is 4.07. The van der Waals surface area contributed by atoms with E-state index in [-0.39, 0.29) is 11.3 Å². The number of halogens is 1. The molecule has 1 aliphatic rings. The normalized spacial score (nSPS) is 16.4. The van der Waals surface area contributed by atoms with E-state index in [0.717, 1.165) is 29.4 Å². The summed E-state index contributed by atoms with van der Waals surface area (Å²) in [5.41, 5.74) is 7.00. The van der Waals surface area contributed by atoms with E-state index in [2.05, 4.69) is 15.9 Å². The predicted octanol–water partition coefficient (Wildman–Crippen LogP) is 2.19. The first-order chi connectivity index (χ1) is 8.54. The van der Waals surface area contributed by atoms with Gasteiger partial charge in [0.05, 0.1) is 6.42 Å². The van der Waals surface area contributed by atoms with Crippen LogP contribution in [0, 0.1) is 5.41 Å². The van der Waals surface area contributed by atoms with Crippen molar-refractivity contribution in [2.24, 2.45) is 11.1 Å². The number of likely N-dealkylation sites (N-methyl/N-ethyl adjacent to an activating group) is 1. The molecule has 4 heteroatoms. The smallest absolute Gasteiger partial charge is 0.226 e. The van der Waals surface area contributed by atoms with E-state index < -0.39 is 0 Å². The van der Waals surface area contributed by atoms with Crippen LogP contribution in [0.2, 0.25) is 0 Å². The van der Waals surface area contributed by atoms with E-state index in [4.69, 9.17) is 5.73 Å². The Hall–Kier alpha value is -0.870. The monoisotopic (exact) mass is 310 g/mol. The Labute approximate surface area is 116 Å². The summed E-state index contributed by atoms with van der Waals surface area (Å²) < 4.78 is 1.01. The summed E-state index contributed by atoms with van der Waals surface area (Å²) in [6, 6.07) is 7.88. The predicted molar refractivity (Wildman–Crippen MR) is 76.2 cm³/mol. The summed E-state index contributed by atoms with van der Waals surface area (Å²) in [6.07, 6.45) is 2.76. The van der Waals surface area contributed by atoms with Crippen LogP contribution in [0.5, 0.6) is 0 Å². The zero-order chi connectivity index (χ0) is 13.2. The molecule has 1 aromatic rings. The summed E-state index contributed by atoms with van der Waals surface area (Å²) >= 11 is 3.42. The van der Waals surface area contributed by atoms with E-state index in [1.54, 1.807) is 0 Å². The van der Waals surface area contributed by atoms with Gasteiger partial charge in [0.1, 0.15) is 0 Å². The second kappa shape index (κ2) is 5.41. The molecule has 1 fully saturated rings. The zero-order valence-corrected chi connectivity index (χ0v) is 12.2. The highest BCUT2D eigenvalue weighted by atomic mass is 79.9. The van der Waals surface area contributed by atoms with Crippen molar-refractivity contribution in [1.29, 1.82) is 0 Å². The molecular weight excluding hydrogens is 292 g/mol. The third kappa shape index (κ3) is 3.33. The van der Waals surface area contributed by atoms with Gasteiger partial charge in [0.25, 0.3) is 0 Å². The van der Waals surface area contributed by atoms with Crippen LogP contribution in [0.25, 0.3) is 0 Å². The molecular formula is C14H19BrN2O. The maximum atomic E-state index is 12.1. The van der Waals surface area contributed by atoms with Crippen LogP contribution in [0.4, 0.5) is 0 Å². The zero-order valence-electron chi connectivity index (χ0n) is 10.7. The number of hydrogen-bond acceptors (Lipinski definition) is 2. The fourth-order valence-corrected chi connectivity index (χ4v) is 2.60. The number of benzene rings is 1. The van der Waals surface area contributed by atoms with Gasteiger partial charge in [-0.3, -0.25) is 4.79 Å². The van der Waals surface area contributed by atoms with Gasteiger partial charge in [0.15, 0.2) is 0 Å². The first-order valence-corrected chi connectivity index (χ1v) is 7.02. The Morgan fingerprint density at radius 3 is 2.78 bits per heavy atom. The number of nitrogens with two attached hydrogens (primary N) is 1. The van der Waals surface area contributed by atoms with Gasteiger partial charge in [-0.1, -0.05) is 28.1 Å². The summed E-state index contributed by atoms with van der Waals surface area (Å²) in [6.45, 7) is 1.47. The first-order valence-electron chi connectivity index (χ1n) is 6.23. The van der Waals surface area contributed by atoms with E-state index in [1.807, 2.05) is 36.2 Å². The van der Waals surface area contributed by atoms with Crippen LogP contribution in [-0.2, 0) is 11.2 Å². The fraction of sp³-hybridized carbons (Fsp3) is 0.500. The lowest BCUT2D eigenvalue weighted by Gasteiger charge is -2.23.